The van der Waals surface area contributed by atoms with Crippen molar-refractivity contribution in [1.82, 2.24) is 4.90 Å². The smallest absolute Gasteiger partial charge is 0.267 e. The summed E-state index contributed by atoms with van der Waals surface area (Å²) in [7, 11) is -3.19. The molecule has 0 N–H and O–H groups in total. The molecule has 2 aromatic carbocycles. The molecule has 3 heterocycles. The van der Waals surface area contributed by atoms with E-state index in [4.69, 9.17) is 12.2 Å². The number of benzene rings is 2. The Labute approximate surface area is 210 Å². The monoisotopic (exact) mass is 562 g/mol. The molecule has 0 unspecified atom stereocenters. The fourth-order valence-corrected chi connectivity index (χ4v) is 7.91. The highest BCUT2D eigenvalue weighted by Crippen LogP contribution is 2.46. The summed E-state index contributed by atoms with van der Waals surface area (Å²) in [6.07, 6.45) is 0.354. The molecule has 0 radical (unpaired) electrons. The largest absolute Gasteiger partial charge is 0.303 e. The second kappa shape index (κ2) is 8.33. The van der Waals surface area contributed by atoms with E-state index in [1.54, 1.807) is 4.90 Å². The van der Waals surface area contributed by atoms with E-state index in [-0.39, 0.29) is 22.3 Å². The molecular formula is C23H19BrN2O4S3. The number of carbonyl (C=O) groups is 2. The average Bonchev–Trinajstić information content (AvgIpc) is 3.34. The van der Waals surface area contributed by atoms with Crippen LogP contribution >= 0.6 is 39.9 Å². The van der Waals surface area contributed by atoms with E-state index in [2.05, 4.69) is 15.9 Å². The second-order valence-corrected chi connectivity index (χ2v) is 13.1. The first-order chi connectivity index (χ1) is 15.6. The Morgan fingerprint density at radius 2 is 1.85 bits per heavy atom. The van der Waals surface area contributed by atoms with Crippen LogP contribution in [-0.4, -0.2) is 47.0 Å². The Bertz CT molecular complexity index is 1350. The van der Waals surface area contributed by atoms with Crippen LogP contribution in [0, 0.1) is 6.92 Å². The minimum atomic E-state index is -3.19. The van der Waals surface area contributed by atoms with Crippen molar-refractivity contribution in [2.45, 2.75) is 25.9 Å². The third-order valence-corrected chi connectivity index (χ3v) is 9.68. The standard InChI is InChI=1S/C23H19BrN2O4S3/c1-13-2-4-14(5-3-13)11-25-18-7-6-15(24)10-17(18)19(21(25)27)20-22(28)26(23(31)32-20)16-8-9-33(29,30)12-16/h2-7,10,16H,8-9,11-12H2,1H3/b20-19-/t16-/m1/s1. The van der Waals surface area contributed by atoms with Gasteiger partial charge in [0.05, 0.1) is 40.3 Å². The molecule has 2 saturated heterocycles. The fraction of sp³-hybridized carbons (Fsp3) is 0.261. The molecule has 0 saturated carbocycles. The normalized spacial score (nSPS) is 24.2. The maximum absolute atomic E-state index is 13.6. The fourth-order valence-electron chi connectivity index (χ4n) is 4.38. The van der Waals surface area contributed by atoms with Gasteiger partial charge >= 0.3 is 0 Å². The van der Waals surface area contributed by atoms with Gasteiger partial charge < -0.3 is 4.90 Å². The number of rotatable bonds is 3. The van der Waals surface area contributed by atoms with E-state index in [9.17, 15) is 18.0 Å². The summed E-state index contributed by atoms with van der Waals surface area (Å²) < 4.78 is 25.0. The lowest BCUT2D eigenvalue weighted by Crippen LogP contribution is -2.39. The lowest BCUT2D eigenvalue weighted by atomic mass is 10.1. The summed E-state index contributed by atoms with van der Waals surface area (Å²) in [5, 5.41) is 0. The van der Waals surface area contributed by atoms with Crippen molar-refractivity contribution in [2.75, 3.05) is 16.4 Å². The molecule has 0 aliphatic carbocycles. The van der Waals surface area contributed by atoms with Crippen LogP contribution < -0.4 is 4.90 Å². The second-order valence-electron chi connectivity index (χ2n) is 8.34. The first-order valence-corrected chi connectivity index (χ1v) is 14.2. The Balaban J connectivity index is 1.56. The zero-order chi connectivity index (χ0) is 23.5. The first-order valence-electron chi connectivity index (χ1n) is 10.3. The van der Waals surface area contributed by atoms with Gasteiger partial charge in [-0.1, -0.05) is 69.7 Å². The van der Waals surface area contributed by atoms with Crippen LogP contribution in [0.1, 0.15) is 23.1 Å². The zero-order valence-corrected chi connectivity index (χ0v) is 21.6. The number of fused-ring (bicyclic) bond motifs is 1. The Morgan fingerprint density at radius 3 is 2.52 bits per heavy atom. The van der Waals surface area contributed by atoms with E-state index < -0.39 is 21.8 Å². The van der Waals surface area contributed by atoms with Crippen molar-refractivity contribution in [3.63, 3.8) is 0 Å². The minimum absolute atomic E-state index is 0.0413. The van der Waals surface area contributed by atoms with E-state index in [1.165, 1.54) is 4.90 Å². The number of thiocarbonyl (C=S) groups is 1. The molecule has 33 heavy (non-hydrogen) atoms. The number of halogens is 1. The van der Waals surface area contributed by atoms with Gasteiger partial charge in [-0.2, -0.15) is 0 Å². The molecule has 2 fully saturated rings. The van der Waals surface area contributed by atoms with Crippen LogP contribution in [0.15, 0.2) is 51.8 Å². The van der Waals surface area contributed by atoms with E-state index in [1.807, 2.05) is 49.4 Å². The van der Waals surface area contributed by atoms with Crippen LogP contribution in [0.4, 0.5) is 5.69 Å². The number of amides is 2. The number of hydrogen-bond donors (Lipinski definition) is 0. The molecule has 1 atom stereocenters. The third kappa shape index (κ3) is 4.07. The van der Waals surface area contributed by atoms with Crippen molar-refractivity contribution in [3.8, 4) is 0 Å². The van der Waals surface area contributed by atoms with E-state index >= 15 is 0 Å². The van der Waals surface area contributed by atoms with E-state index in [0.29, 0.717) is 28.4 Å². The summed E-state index contributed by atoms with van der Waals surface area (Å²) in [5.41, 5.74) is 3.83. The van der Waals surface area contributed by atoms with Crippen LogP contribution in [0.3, 0.4) is 0 Å². The summed E-state index contributed by atoms with van der Waals surface area (Å²) in [6, 6.07) is 13.1. The van der Waals surface area contributed by atoms with Crippen molar-refractivity contribution in [1.29, 1.82) is 0 Å². The molecule has 2 amide bonds. The Kier molecular flexibility index (Phi) is 5.75. The average molecular weight is 564 g/mol. The third-order valence-electron chi connectivity index (χ3n) is 6.04. The number of anilines is 1. The number of carbonyl (C=O) groups excluding carboxylic acids is 2. The molecule has 3 aliphatic rings. The van der Waals surface area contributed by atoms with Gasteiger partial charge in [0.15, 0.2) is 9.84 Å². The Hall–Kier alpha value is -2.01. The number of sulfone groups is 1. The molecule has 10 heteroatoms. The van der Waals surface area contributed by atoms with Crippen molar-refractivity contribution in [2.24, 2.45) is 0 Å². The maximum atomic E-state index is 13.6. The summed E-state index contributed by atoms with van der Waals surface area (Å²) in [6.45, 7) is 2.38. The predicted octanol–water partition coefficient (Wildman–Crippen LogP) is 4.06. The maximum Gasteiger partial charge on any atom is 0.267 e. The van der Waals surface area contributed by atoms with E-state index in [0.717, 1.165) is 33.0 Å². The lowest BCUT2D eigenvalue weighted by molar-refractivity contribution is -0.123. The number of nitrogens with zero attached hydrogens (tertiary/aromatic N) is 2. The summed E-state index contributed by atoms with van der Waals surface area (Å²) in [4.78, 5) is 30.4. The highest BCUT2D eigenvalue weighted by Gasteiger charge is 2.46. The van der Waals surface area contributed by atoms with Gasteiger partial charge in [-0.25, -0.2) is 8.42 Å². The molecule has 0 bridgehead atoms. The molecule has 3 aliphatic heterocycles. The molecule has 0 spiro atoms. The lowest BCUT2D eigenvalue weighted by Gasteiger charge is -2.21. The molecule has 5 rings (SSSR count). The van der Waals surface area contributed by atoms with Gasteiger partial charge in [-0.15, -0.1) is 0 Å². The van der Waals surface area contributed by atoms with Crippen molar-refractivity contribution < 1.29 is 18.0 Å². The Morgan fingerprint density at radius 1 is 1.12 bits per heavy atom. The highest BCUT2D eigenvalue weighted by atomic mass is 79.9. The molecular weight excluding hydrogens is 544 g/mol. The van der Waals surface area contributed by atoms with Gasteiger partial charge in [0.2, 0.25) is 0 Å². The topological polar surface area (TPSA) is 74.8 Å². The van der Waals surface area contributed by atoms with Crippen LogP contribution in [0.5, 0.6) is 0 Å². The number of aryl methyl sites for hydroxylation is 1. The first kappa shape index (κ1) is 22.8. The van der Waals surface area contributed by atoms with Crippen LogP contribution in [0.25, 0.3) is 5.57 Å². The number of hydrogen-bond acceptors (Lipinski definition) is 6. The van der Waals surface area contributed by atoms with Gasteiger partial charge in [0, 0.05) is 10.0 Å². The zero-order valence-electron chi connectivity index (χ0n) is 17.6. The highest BCUT2D eigenvalue weighted by molar-refractivity contribution is 9.10. The van der Waals surface area contributed by atoms with Gasteiger partial charge in [-0.05, 0) is 37.1 Å². The van der Waals surface area contributed by atoms with Crippen LogP contribution in [-0.2, 0) is 26.0 Å². The van der Waals surface area contributed by atoms with Gasteiger partial charge in [0.1, 0.15) is 4.32 Å². The van der Waals surface area contributed by atoms with Gasteiger partial charge in [-0.3, -0.25) is 14.5 Å². The van der Waals surface area contributed by atoms with Crippen LogP contribution in [0.2, 0.25) is 0 Å². The van der Waals surface area contributed by atoms with Crippen molar-refractivity contribution in [3.05, 3.63) is 68.5 Å². The molecule has 0 aromatic heterocycles. The quantitative estimate of drug-likeness (QED) is 0.414. The molecule has 6 nitrogen and oxygen atoms in total. The SMILES string of the molecule is Cc1ccc(CN2C(=O)/C(=C3\SC(=S)N([C@@H]4CCS(=O)(=O)C4)C3=O)c3cc(Br)ccc32)cc1. The molecule has 170 valence electrons. The molecule has 2 aromatic rings. The van der Waals surface area contributed by atoms with Gasteiger partial charge in [0.25, 0.3) is 11.8 Å². The predicted molar refractivity (Wildman–Crippen MR) is 138 cm³/mol. The summed E-state index contributed by atoms with van der Waals surface area (Å²) >= 11 is 10.0. The number of thioether (sulfide) groups is 1. The minimum Gasteiger partial charge on any atom is -0.303 e. The summed E-state index contributed by atoms with van der Waals surface area (Å²) in [5.74, 6) is -0.709. The van der Waals surface area contributed by atoms with Crippen molar-refractivity contribution >= 4 is 77.1 Å².